The number of carboxylic acid groups (broad SMARTS) is 1. The molecule has 0 aliphatic carbocycles. The van der Waals surface area contributed by atoms with Crippen LogP contribution in [0, 0.1) is 0 Å². The molecule has 0 saturated heterocycles. The van der Waals surface area contributed by atoms with Crippen molar-refractivity contribution < 1.29 is 14.6 Å². The van der Waals surface area contributed by atoms with Gasteiger partial charge in [0.15, 0.2) is 0 Å². The number of aliphatic carboxylic acids is 1. The Hall–Kier alpha value is -1.81. The van der Waals surface area contributed by atoms with Crippen molar-refractivity contribution in [1.29, 1.82) is 0 Å². The third-order valence-corrected chi connectivity index (χ3v) is 3.51. The highest BCUT2D eigenvalue weighted by molar-refractivity contribution is 5.93. The molecule has 0 amide bonds. The molecule has 4 heteroatoms. The van der Waals surface area contributed by atoms with Gasteiger partial charge in [0.25, 0.3) is 0 Å². The molecule has 1 heterocycles. The van der Waals surface area contributed by atoms with Gasteiger partial charge in [-0.05, 0) is 17.6 Å². The van der Waals surface area contributed by atoms with Crippen molar-refractivity contribution in [2.75, 3.05) is 19.1 Å². The van der Waals surface area contributed by atoms with Gasteiger partial charge in [-0.25, -0.2) is 4.79 Å². The minimum atomic E-state index is -0.936. The van der Waals surface area contributed by atoms with Gasteiger partial charge in [0.2, 0.25) is 0 Å². The third-order valence-electron chi connectivity index (χ3n) is 3.51. The maximum absolute atomic E-state index is 11.4. The highest BCUT2D eigenvalue weighted by Crippen LogP contribution is 2.40. The summed E-state index contributed by atoms with van der Waals surface area (Å²) in [6, 6.07) is 6.02. The summed E-state index contributed by atoms with van der Waals surface area (Å²) in [5.74, 6) is -0.614. The third kappa shape index (κ3) is 2.24. The first kappa shape index (κ1) is 13.6. The number of hydrogen-bond acceptors (Lipinski definition) is 3. The summed E-state index contributed by atoms with van der Waals surface area (Å²) < 4.78 is 5.41. The zero-order valence-electron chi connectivity index (χ0n) is 11.7. The molecule has 1 aliphatic heterocycles. The lowest BCUT2D eigenvalue weighted by molar-refractivity contribution is -0.132. The molecule has 4 nitrogen and oxygen atoms in total. The van der Waals surface area contributed by atoms with Gasteiger partial charge in [-0.2, -0.15) is 0 Å². The van der Waals surface area contributed by atoms with Crippen LogP contribution in [0.25, 0.3) is 0 Å². The van der Waals surface area contributed by atoms with Gasteiger partial charge < -0.3 is 14.7 Å². The molecule has 19 heavy (non-hydrogen) atoms. The van der Waals surface area contributed by atoms with Crippen LogP contribution in [0.2, 0.25) is 0 Å². The molecule has 0 spiro atoms. The molecule has 102 valence electrons. The highest BCUT2D eigenvalue weighted by Gasteiger charge is 2.29. The molecule has 0 aromatic heterocycles. The first-order chi connectivity index (χ1) is 8.97. The minimum absolute atomic E-state index is 0.257. The predicted octanol–water partition coefficient (Wildman–Crippen LogP) is 2.92. The topological polar surface area (TPSA) is 49.8 Å². The highest BCUT2D eigenvalue weighted by atomic mass is 16.5. The van der Waals surface area contributed by atoms with Crippen LogP contribution in [0.15, 0.2) is 30.0 Å². The summed E-state index contributed by atoms with van der Waals surface area (Å²) in [6.45, 7) is 4.20. The number of likely N-dealkylation sites (N-methyl/N-ethyl adjacent to an activating group) is 1. The summed E-state index contributed by atoms with van der Waals surface area (Å²) in [4.78, 5) is 13.1. The Labute approximate surface area is 113 Å². The zero-order chi connectivity index (χ0) is 14.2. The maximum Gasteiger partial charge on any atom is 0.352 e. The predicted molar refractivity (Wildman–Crippen MR) is 74.4 cm³/mol. The maximum atomic E-state index is 11.4. The summed E-state index contributed by atoms with van der Waals surface area (Å²) in [5, 5.41) is 9.31. The summed E-state index contributed by atoms with van der Waals surface area (Å²) >= 11 is 0. The van der Waals surface area contributed by atoms with Crippen LogP contribution in [0.5, 0.6) is 0 Å². The Kier molecular flexibility index (Phi) is 3.62. The van der Waals surface area contributed by atoms with Gasteiger partial charge in [0, 0.05) is 19.7 Å². The van der Waals surface area contributed by atoms with Crippen molar-refractivity contribution in [3.63, 3.8) is 0 Å². The molecule has 0 radical (unpaired) electrons. The molecule has 2 rings (SSSR count). The van der Waals surface area contributed by atoms with Gasteiger partial charge >= 0.3 is 5.97 Å². The molecule has 1 aromatic rings. The van der Waals surface area contributed by atoms with E-state index in [0.717, 1.165) is 16.8 Å². The average Bonchev–Trinajstić information content (AvgIpc) is 2.38. The normalized spacial score (nSPS) is 18.3. The fraction of sp³-hybridized carbons (Fsp3) is 0.400. The van der Waals surface area contributed by atoms with E-state index in [9.17, 15) is 9.90 Å². The van der Waals surface area contributed by atoms with Crippen molar-refractivity contribution >= 4 is 11.7 Å². The van der Waals surface area contributed by atoms with Crippen molar-refractivity contribution in [2.45, 2.75) is 25.9 Å². The fourth-order valence-corrected chi connectivity index (χ4v) is 2.54. The average molecular weight is 261 g/mol. The number of carboxylic acids is 1. The van der Waals surface area contributed by atoms with E-state index in [0.29, 0.717) is 5.92 Å². The number of benzene rings is 1. The Morgan fingerprint density at radius 3 is 2.63 bits per heavy atom. The molecule has 0 bridgehead atoms. The van der Waals surface area contributed by atoms with Crippen molar-refractivity contribution in [1.82, 2.24) is 0 Å². The number of carbonyl (C=O) groups is 1. The van der Waals surface area contributed by atoms with Crippen LogP contribution in [0.4, 0.5) is 5.69 Å². The van der Waals surface area contributed by atoms with Crippen LogP contribution >= 0.6 is 0 Å². The number of fused-ring (bicyclic) bond motifs is 1. The molecule has 1 N–H and O–H groups in total. The van der Waals surface area contributed by atoms with Crippen molar-refractivity contribution in [3.05, 3.63) is 41.1 Å². The summed E-state index contributed by atoms with van der Waals surface area (Å²) in [5.41, 5.74) is 3.35. The number of hydrogen-bond donors (Lipinski definition) is 1. The standard InChI is InChI=1S/C15H19NO3/c1-9(2)10-6-5-7-11-13(19-4)8-12(15(17)18)16(3)14(10)11/h5-9,13H,1-4H3,(H,17,18). The first-order valence-corrected chi connectivity index (χ1v) is 6.31. The SMILES string of the molecule is COC1C=C(C(=O)O)N(C)c2c(C(C)C)cccc21. The minimum Gasteiger partial charge on any atom is -0.477 e. The Morgan fingerprint density at radius 1 is 1.42 bits per heavy atom. The van der Waals surface area contributed by atoms with E-state index >= 15 is 0 Å². The molecule has 1 unspecified atom stereocenters. The number of methoxy groups -OCH3 is 1. The van der Waals surface area contributed by atoms with Gasteiger partial charge in [-0.15, -0.1) is 0 Å². The Morgan fingerprint density at radius 2 is 2.11 bits per heavy atom. The van der Waals surface area contributed by atoms with E-state index in [-0.39, 0.29) is 11.8 Å². The van der Waals surface area contributed by atoms with Gasteiger partial charge in [-0.1, -0.05) is 32.0 Å². The monoisotopic (exact) mass is 261 g/mol. The fourth-order valence-electron chi connectivity index (χ4n) is 2.54. The Bertz CT molecular complexity index is 534. The number of ether oxygens (including phenoxy) is 1. The van der Waals surface area contributed by atoms with E-state index in [1.807, 2.05) is 18.2 Å². The van der Waals surface area contributed by atoms with Gasteiger partial charge in [0.05, 0.1) is 5.69 Å². The number of para-hydroxylation sites is 1. The second-order valence-corrected chi connectivity index (χ2v) is 5.01. The lowest BCUT2D eigenvalue weighted by Crippen LogP contribution is -2.30. The molecular formula is C15H19NO3. The van der Waals surface area contributed by atoms with Crippen LogP contribution in [0.1, 0.15) is 37.0 Å². The van der Waals surface area contributed by atoms with Crippen LogP contribution < -0.4 is 4.90 Å². The molecule has 0 fully saturated rings. The van der Waals surface area contributed by atoms with E-state index in [1.54, 1.807) is 25.1 Å². The Balaban J connectivity index is 2.64. The summed E-state index contributed by atoms with van der Waals surface area (Å²) in [6.07, 6.45) is 1.34. The first-order valence-electron chi connectivity index (χ1n) is 6.31. The molecule has 1 atom stereocenters. The largest absolute Gasteiger partial charge is 0.477 e. The van der Waals surface area contributed by atoms with Crippen LogP contribution in [0.3, 0.4) is 0 Å². The lowest BCUT2D eigenvalue weighted by atomic mass is 9.91. The van der Waals surface area contributed by atoms with Gasteiger partial charge in [0.1, 0.15) is 11.8 Å². The van der Waals surface area contributed by atoms with E-state index < -0.39 is 5.97 Å². The summed E-state index contributed by atoms with van der Waals surface area (Å²) in [7, 11) is 3.38. The van der Waals surface area contributed by atoms with Crippen molar-refractivity contribution in [2.24, 2.45) is 0 Å². The molecular weight excluding hydrogens is 242 g/mol. The van der Waals surface area contributed by atoms with Crippen molar-refractivity contribution in [3.8, 4) is 0 Å². The molecule has 1 aliphatic rings. The van der Waals surface area contributed by atoms with E-state index in [2.05, 4.69) is 13.8 Å². The molecule has 0 saturated carbocycles. The number of anilines is 1. The molecule has 1 aromatic carbocycles. The van der Waals surface area contributed by atoms with Crippen LogP contribution in [-0.2, 0) is 9.53 Å². The second-order valence-electron chi connectivity index (χ2n) is 5.01. The number of nitrogens with zero attached hydrogens (tertiary/aromatic N) is 1. The smallest absolute Gasteiger partial charge is 0.352 e. The number of rotatable bonds is 3. The van der Waals surface area contributed by atoms with Crippen LogP contribution in [-0.4, -0.2) is 25.2 Å². The van der Waals surface area contributed by atoms with Gasteiger partial charge in [-0.3, -0.25) is 0 Å². The quantitative estimate of drug-likeness (QED) is 0.909. The van der Waals surface area contributed by atoms with E-state index in [1.165, 1.54) is 0 Å². The lowest BCUT2D eigenvalue weighted by Gasteiger charge is -2.33. The second kappa shape index (κ2) is 5.05. The zero-order valence-corrected chi connectivity index (χ0v) is 11.7. The van der Waals surface area contributed by atoms with E-state index in [4.69, 9.17) is 4.74 Å².